The Morgan fingerprint density at radius 1 is 1.30 bits per heavy atom. The van der Waals surface area contributed by atoms with Gasteiger partial charge >= 0.3 is 0 Å². The molecule has 0 atom stereocenters. The number of aromatic amines is 1. The number of hydrogen-bond donors (Lipinski definition) is 2. The van der Waals surface area contributed by atoms with Crippen molar-refractivity contribution in [3.8, 4) is 11.6 Å². The maximum Gasteiger partial charge on any atom is 0.216 e. The fourth-order valence-electron chi connectivity index (χ4n) is 2.56. The van der Waals surface area contributed by atoms with Gasteiger partial charge in [-0.15, -0.1) is 24.0 Å². The molecule has 144 valence electrons. The topological polar surface area (TPSA) is 82.3 Å². The van der Waals surface area contributed by atoms with Crippen LogP contribution in [0.2, 0.25) is 5.02 Å². The second kappa shape index (κ2) is 10.3. The molecule has 7 nitrogen and oxygen atoms in total. The molecule has 0 radical (unpaired) electrons. The first kappa shape index (κ1) is 21.2. The second-order valence-corrected chi connectivity index (χ2v) is 6.16. The zero-order valence-corrected chi connectivity index (χ0v) is 18.2. The van der Waals surface area contributed by atoms with Crippen molar-refractivity contribution < 1.29 is 4.42 Å². The van der Waals surface area contributed by atoms with Crippen molar-refractivity contribution in [2.24, 2.45) is 4.99 Å². The lowest BCUT2D eigenvalue weighted by Crippen LogP contribution is -2.39. The lowest BCUT2D eigenvalue weighted by molar-refractivity contribution is 0.477. The van der Waals surface area contributed by atoms with Crippen LogP contribution in [0.25, 0.3) is 11.6 Å². The Morgan fingerprint density at radius 3 is 2.81 bits per heavy atom. The van der Waals surface area contributed by atoms with Crippen molar-refractivity contribution in [2.45, 2.75) is 13.0 Å². The third-order valence-corrected chi connectivity index (χ3v) is 4.23. The Hall–Kier alpha value is -2.07. The van der Waals surface area contributed by atoms with E-state index >= 15 is 0 Å². The van der Waals surface area contributed by atoms with Crippen molar-refractivity contribution >= 4 is 41.5 Å². The average molecular weight is 501 g/mol. The largest absolute Gasteiger partial charge is 0.461 e. The molecule has 2 aromatic heterocycles. The van der Waals surface area contributed by atoms with Gasteiger partial charge in [0, 0.05) is 38.6 Å². The molecule has 9 heteroatoms. The van der Waals surface area contributed by atoms with Gasteiger partial charge in [-0.1, -0.05) is 29.8 Å². The monoisotopic (exact) mass is 500 g/mol. The molecule has 27 heavy (non-hydrogen) atoms. The van der Waals surface area contributed by atoms with Crippen LogP contribution < -0.4 is 5.32 Å². The highest BCUT2D eigenvalue weighted by molar-refractivity contribution is 14.0. The molecule has 0 amide bonds. The Morgan fingerprint density at radius 2 is 2.11 bits per heavy atom. The Balaban J connectivity index is 0.00000261. The standard InChI is InChI=1S/C18H21ClN6O.HI/c1-20-18(25(2)12-13-6-3-4-7-14(13)19)21-10-9-16-22-17(24-23-16)15-8-5-11-26-15;/h3-8,11H,9-10,12H2,1-2H3,(H,20,21)(H,22,23,24);1H. The van der Waals surface area contributed by atoms with Crippen LogP contribution in [0, 0.1) is 0 Å². The molecule has 0 aliphatic carbocycles. The Bertz CT molecular complexity index is 864. The summed E-state index contributed by atoms with van der Waals surface area (Å²) in [6.45, 7) is 1.34. The molecule has 0 spiro atoms. The number of H-pyrrole nitrogens is 1. The van der Waals surface area contributed by atoms with E-state index in [4.69, 9.17) is 16.0 Å². The number of hydrogen-bond acceptors (Lipinski definition) is 4. The van der Waals surface area contributed by atoms with Crippen molar-refractivity contribution in [3.63, 3.8) is 0 Å². The van der Waals surface area contributed by atoms with Crippen LogP contribution in [0.4, 0.5) is 0 Å². The van der Waals surface area contributed by atoms with Crippen LogP contribution in [0.3, 0.4) is 0 Å². The van der Waals surface area contributed by atoms with Crippen molar-refractivity contribution in [1.29, 1.82) is 0 Å². The first-order valence-electron chi connectivity index (χ1n) is 8.27. The van der Waals surface area contributed by atoms with Gasteiger partial charge in [-0.05, 0) is 23.8 Å². The van der Waals surface area contributed by atoms with Crippen molar-refractivity contribution in [1.82, 2.24) is 25.4 Å². The minimum atomic E-state index is 0. The van der Waals surface area contributed by atoms with Gasteiger partial charge in [0.2, 0.25) is 5.82 Å². The molecule has 2 heterocycles. The van der Waals surface area contributed by atoms with E-state index in [0.717, 1.165) is 22.4 Å². The second-order valence-electron chi connectivity index (χ2n) is 5.75. The van der Waals surface area contributed by atoms with Crippen LogP contribution in [0.1, 0.15) is 11.4 Å². The van der Waals surface area contributed by atoms with E-state index < -0.39 is 0 Å². The number of nitrogens with zero attached hydrogens (tertiary/aromatic N) is 4. The summed E-state index contributed by atoms with van der Waals surface area (Å²) >= 11 is 6.23. The van der Waals surface area contributed by atoms with Crippen LogP contribution >= 0.6 is 35.6 Å². The first-order chi connectivity index (χ1) is 12.7. The zero-order valence-electron chi connectivity index (χ0n) is 15.1. The maximum atomic E-state index is 6.23. The van der Waals surface area contributed by atoms with Gasteiger partial charge in [0.25, 0.3) is 0 Å². The quantitative estimate of drug-likeness (QED) is 0.307. The molecule has 0 saturated carbocycles. The van der Waals surface area contributed by atoms with E-state index in [0.29, 0.717) is 31.1 Å². The molecular formula is C18H22ClIN6O. The van der Waals surface area contributed by atoms with Crippen molar-refractivity contribution in [3.05, 3.63) is 59.1 Å². The summed E-state index contributed by atoms with van der Waals surface area (Å²) in [4.78, 5) is 10.8. The van der Waals surface area contributed by atoms with Gasteiger partial charge in [-0.3, -0.25) is 10.1 Å². The maximum absolute atomic E-state index is 6.23. The minimum absolute atomic E-state index is 0. The molecule has 0 aliphatic rings. The predicted molar refractivity (Wildman–Crippen MR) is 117 cm³/mol. The summed E-state index contributed by atoms with van der Waals surface area (Å²) in [7, 11) is 3.73. The number of rotatable bonds is 6. The smallest absolute Gasteiger partial charge is 0.216 e. The lowest BCUT2D eigenvalue weighted by atomic mass is 10.2. The van der Waals surface area contributed by atoms with Crippen LogP contribution in [0.5, 0.6) is 0 Å². The summed E-state index contributed by atoms with van der Waals surface area (Å²) in [6.07, 6.45) is 2.29. The lowest BCUT2D eigenvalue weighted by Gasteiger charge is -2.22. The van der Waals surface area contributed by atoms with Gasteiger partial charge in [0.1, 0.15) is 5.82 Å². The van der Waals surface area contributed by atoms with E-state index in [-0.39, 0.29) is 24.0 Å². The number of nitrogens with one attached hydrogen (secondary N) is 2. The van der Waals surface area contributed by atoms with Gasteiger partial charge < -0.3 is 14.6 Å². The fourth-order valence-corrected chi connectivity index (χ4v) is 2.75. The highest BCUT2D eigenvalue weighted by atomic mass is 127. The summed E-state index contributed by atoms with van der Waals surface area (Å²) < 4.78 is 5.29. The fraction of sp³-hybridized carbons (Fsp3) is 0.278. The predicted octanol–water partition coefficient (Wildman–Crippen LogP) is 3.59. The van der Waals surface area contributed by atoms with E-state index in [1.807, 2.05) is 48.3 Å². The van der Waals surface area contributed by atoms with Crippen molar-refractivity contribution in [2.75, 3.05) is 20.6 Å². The molecule has 3 rings (SSSR count). The summed E-state index contributed by atoms with van der Waals surface area (Å²) in [5.74, 6) is 2.78. The molecule has 0 aliphatic heterocycles. The Kier molecular flexibility index (Phi) is 8.11. The van der Waals surface area contributed by atoms with E-state index in [1.165, 1.54) is 0 Å². The highest BCUT2D eigenvalue weighted by Crippen LogP contribution is 2.16. The SMILES string of the molecule is CN=C(NCCc1nc(-c2ccco2)n[nH]1)N(C)Cc1ccccc1Cl.I. The van der Waals surface area contributed by atoms with E-state index in [9.17, 15) is 0 Å². The normalized spacial score (nSPS) is 11.1. The molecule has 0 bridgehead atoms. The van der Waals surface area contributed by atoms with Gasteiger partial charge in [0.15, 0.2) is 11.7 Å². The van der Waals surface area contributed by atoms with E-state index in [2.05, 4.69) is 25.5 Å². The zero-order chi connectivity index (χ0) is 18.4. The minimum Gasteiger partial charge on any atom is -0.461 e. The molecule has 3 aromatic rings. The van der Waals surface area contributed by atoms with E-state index in [1.54, 1.807) is 13.3 Å². The molecule has 0 unspecified atom stereocenters. The number of guanidine groups is 1. The third-order valence-electron chi connectivity index (χ3n) is 3.86. The Labute approximate surface area is 180 Å². The summed E-state index contributed by atoms with van der Waals surface area (Å²) in [6, 6.07) is 11.4. The molecule has 2 N–H and O–H groups in total. The van der Waals surface area contributed by atoms with Crippen LogP contribution in [-0.4, -0.2) is 46.7 Å². The molecule has 0 fully saturated rings. The summed E-state index contributed by atoms with van der Waals surface area (Å²) in [5, 5.41) is 11.2. The average Bonchev–Trinajstić information content (AvgIpc) is 3.32. The molecular weight excluding hydrogens is 479 g/mol. The van der Waals surface area contributed by atoms with Gasteiger partial charge in [-0.2, -0.15) is 5.10 Å². The van der Waals surface area contributed by atoms with Gasteiger partial charge in [-0.25, -0.2) is 4.98 Å². The van der Waals surface area contributed by atoms with Gasteiger partial charge in [0.05, 0.1) is 6.26 Å². The number of benzene rings is 1. The number of aromatic nitrogens is 3. The third kappa shape index (κ3) is 5.70. The number of furan rings is 1. The first-order valence-corrected chi connectivity index (χ1v) is 8.65. The highest BCUT2D eigenvalue weighted by Gasteiger charge is 2.10. The number of halogens is 2. The molecule has 1 aromatic carbocycles. The molecule has 0 saturated heterocycles. The van der Waals surface area contributed by atoms with Crippen LogP contribution in [-0.2, 0) is 13.0 Å². The number of aliphatic imine (C=N–C) groups is 1. The van der Waals surface area contributed by atoms with Crippen LogP contribution in [0.15, 0.2) is 52.1 Å². The summed E-state index contributed by atoms with van der Waals surface area (Å²) in [5.41, 5.74) is 1.05.